The minimum atomic E-state index is 0.445. The van der Waals surface area contributed by atoms with Crippen LogP contribution in [-0.2, 0) is 5.88 Å². The van der Waals surface area contributed by atoms with E-state index in [-0.39, 0.29) is 0 Å². The highest BCUT2D eigenvalue weighted by Crippen LogP contribution is 2.24. The Kier molecular flexibility index (Phi) is 3.82. The highest BCUT2D eigenvalue weighted by atomic mass is 35.5. The standard InChI is InChI=1S/C14H16ClN3/c1-10-6-4-5-7-13(10)18(3)14-16-9-12(8-15)11(2)17-14/h4-7,9H,8H2,1-3H3. The van der Waals surface area contributed by atoms with Crippen LogP contribution in [0.2, 0.25) is 0 Å². The second kappa shape index (κ2) is 5.36. The fourth-order valence-corrected chi connectivity index (χ4v) is 2.08. The van der Waals surface area contributed by atoms with Crippen LogP contribution in [0.3, 0.4) is 0 Å². The summed E-state index contributed by atoms with van der Waals surface area (Å²) in [5, 5.41) is 0. The third kappa shape index (κ3) is 2.46. The summed E-state index contributed by atoms with van der Waals surface area (Å²) in [6.07, 6.45) is 1.79. The third-order valence-electron chi connectivity index (χ3n) is 2.99. The number of aryl methyl sites for hydroxylation is 2. The zero-order valence-corrected chi connectivity index (χ0v) is 11.6. The molecule has 94 valence electrons. The summed E-state index contributed by atoms with van der Waals surface area (Å²) in [5.41, 5.74) is 4.20. The molecule has 0 saturated carbocycles. The van der Waals surface area contributed by atoms with Gasteiger partial charge in [-0.3, -0.25) is 0 Å². The average Bonchev–Trinajstić information content (AvgIpc) is 2.38. The van der Waals surface area contributed by atoms with E-state index in [1.54, 1.807) is 6.20 Å². The van der Waals surface area contributed by atoms with Gasteiger partial charge in [0.15, 0.2) is 0 Å². The monoisotopic (exact) mass is 261 g/mol. The van der Waals surface area contributed by atoms with E-state index in [9.17, 15) is 0 Å². The van der Waals surface area contributed by atoms with Crippen molar-refractivity contribution in [3.63, 3.8) is 0 Å². The highest BCUT2D eigenvalue weighted by Gasteiger charge is 2.10. The quantitative estimate of drug-likeness (QED) is 0.791. The first-order chi connectivity index (χ1) is 8.63. The maximum atomic E-state index is 5.81. The van der Waals surface area contributed by atoms with Gasteiger partial charge in [-0.1, -0.05) is 18.2 Å². The van der Waals surface area contributed by atoms with Gasteiger partial charge in [0.25, 0.3) is 0 Å². The molecule has 0 saturated heterocycles. The minimum absolute atomic E-state index is 0.445. The third-order valence-corrected chi connectivity index (χ3v) is 3.28. The number of hydrogen-bond donors (Lipinski definition) is 0. The van der Waals surface area contributed by atoms with Crippen LogP contribution in [0.5, 0.6) is 0 Å². The smallest absolute Gasteiger partial charge is 0.229 e. The number of nitrogens with zero attached hydrogens (tertiary/aromatic N) is 3. The van der Waals surface area contributed by atoms with Gasteiger partial charge in [-0.2, -0.15) is 0 Å². The van der Waals surface area contributed by atoms with Gasteiger partial charge >= 0.3 is 0 Å². The Hall–Kier alpha value is -1.61. The summed E-state index contributed by atoms with van der Waals surface area (Å²) in [5.74, 6) is 1.14. The second-order valence-electron chi connectivity index (χ2n) is 4.26. The fraction of sp³-hybridized carbons (Fsp3) is 0.286. The lowest BCUT2D eigenvalue weighted by Crippen LogP contribution is -2.15. The van der Waals surface area contributed by atoms with Crippen LogP contribution in [0.1, 0.15) is 16.8 Å². The fourth-order valence-electron chi connectivity index (χ4n) is 1.82. The molecule has 4 heteroatoms. The molecule has 0 unspecified atom stereocenters. The Bertz CT molecular complexity index is 554. The van der Waals surface area contributed by atoms with Gasteiger partial charge in [-0.05, 0) is 25.5 Å². The predicted octanol–water partition coefficient (Wildman–Crippen LogP) is 3.60. The van der Waals surface area contributed by atoms with Crippen molar-refractivity contribution in [2.75, 3.05) is 11.9 Å². The number of halogens is 1. The Morgan fingerprint density at radius 2 is 1.94 bits per heavy atom. The molecule has 0 fully saturated rings. The van der Waals surface area contributed by atoms with E-state index in [0.717, 1.165) is 16.9 Å². The van der Waals surface area contributed by atoms with Crippen molar-refractivity contribution in [3.8, 4) is 0 Å². The molecule has 0 amide bonds. The first-order valence-electron chi connectivity index (χ1n) is 5.81. The van der Waals surface area contributed by atoms with Crippen LogP contribution in [0.4, 0.5) is 11.6 Å². The molecule has 0 bridgehead atoms. The lowest BCUT2D eigenvalue weighted by molar-refractivity contribution is 0.985. The molecule has 1 heterocycles. The first kappa shape index (κ1) is 12.8. The van der Waals surface area contributed by atoms with Crippen LogP contribution in [0, 0.1) is 13.8 Å². The summed E-state index contributed by atoms with van der Waals surface area (Å²) in [7, 11) is 1.97. The molecular formula is C14H16ClN3. The van der Waals surface area contributed by atoms with Crippen molar-refractivity contribution in [2.24, 2.45) is 0 Å². The van der Waals surface area contributed by atoms with E-state index < -0.39 is 0 Å². The zero-order chi connectivity index (χ0) is 13.1. The second-order valence-corrected chi connectivity index (χ2v) is 4.53. The van der Waals surface area contributed by atoms with E-state index in [1.807, 2.05) is 31.0 Å². The SMILES string of the molecule is Cc1ccccc1N(C)c1ncc(CCl)c(C)n1. The van der Waals surface area contributed by atoms with Gasteiger partial charge in [0.1, 0.15) is 0 Å². The number of para-hydroxylation sites is 1. The molecule has 1 aromatic carbocycles. The molecule has 2 rings (SSSR count). The van der Waals surface area contributed by atoms with Gasteiger partial charge in [0.05, 0.1) is 5.88 Å². The van der Waals surface area contributed by atoms with Crippen LogP contribution in [-0.4, -0.2) is 17.0 Å². The molecule has 3 nitrogen and oxygen atoms in total. The van der Waals surface area contributed by atoms with Crippen molar-refractivity contribution in [1.29, 1.82) is 0 Å². The summed E-state index contributed by atoms with van der Waals surface area (Å²) in [6, 6.07) is 8.17. The van der Waals surface area contributed by atoms with Gasteiger partial charge in [0.2, 0.25) is 5.95 Å². The summed E-state index contributed by atoms with van der Waals surface area (Å²) in [4.78, 5) is 10.8. The Morgan fingerprint density at radius 3 is 2.56 bits per heavy atom. The number of hydrogen-bond acceptors (Lipinski definition) is 3. The molecule has 0 radical (unpaired) electrons. The number of anilines is 2. The zero-order valence-electron chi connectivity index (χ0n) is 10.8. The summed E-state index contributed by atoms with van der Waals surface area (Å²) in [6.45, 7) is 4.03. The molecule has 0 spiro atoms. The summed E-state index contributed by atoms with van der Waals surface area (Å²) < 4.78 is 0. The van der Waals surface area contributed by atoms with Crippen LogP contribution < -0.4 is 4.90 Å². The molecule has 0 N–H and O–H groups in total. The van der Waals surface area contributed by atoms with Crippen LogP contribution >= 0.6 is 11.6 Å². The lowest BCUT2D eigenvalue weighted by atomic mass is 10.2. The number of rotatable bonds is 3. The van der Waals surface area contributed by atoms with Gasteiger partial charge < -0.3 is 4.90 Å². The largest absolute Gasteiger partial charge is 0.313 e. The van der Waals surface area contributed by atoms with Gasteiger partial charge in [-0.25, -0.2) is 9.97 Å². The maximum absolute atomic E-state index is 5.81. The van der Waals surface area contributed by atoms with Gasteiger partial charge in [0, 0.05) is 30.2 Å². The van der Waals surface area contributed by atoms with Crippen molar-refractivity contribution >= 4 is 23.2 Å². The lowest BCUT2D eigenvalue weighted by Gasteiger charge is -2.19. The van der Waals surface area contributed by atoms with Crippen LogP contribution in [0.25, 0.3) is 0 Å². The molecule has 0 aliphatic heterocycles. The Balaban J connectivity index is 2.37. The topological polar surface area (TPSA) is 29.0 Å². The molecule has 0 aliphatic rings. The highest BCUT2D eigenvalue weighted by molar-refractivity contribution is 6.17. The molecule has 2 aromatic rings. The molecule has 0 atom stereocenters. The Labute approximate surface area is 112 Å². The summed E-state index contributed by atoms with van der Waals surface area (Å²) >= 11 is 5.81. The van der Waals surface area contributed by atoms with E-state index in [2.05, 4.69) is 29.0 Å². The van der Waals surface area contributed by atoms with Crippen molar-refractivity contribution in [1.82, 2.24) is 9.97 Å². The molecule has 18 heavy (non-hydrogen) atoms. The van der Waals surface area contributed by atoms with Crippen molar-refractivity contribution in [3.05, 3.63) is 47.3 Å². The molecule has 1 aromatic heterocycles. The molecular weight excluding hydrogens is 246 g/mol. The van der Waals surface area contributed by atoms with Crippen molar-refractivity contribution in [2.45, 2.75) is 19.7 Å². The van der Waals surface area contributed by atoms with E-state index in [4.69, 9.17) is 11.6 Å². The van der Waals surface area contributed by atoms with E-state index in [1.165, 1.54) is 5.56 Å². The normalized spacial score (nSPS) is 10.4. The van der Waals surface area contributed by atoms with Gasteiger partial charge in [-0.15, -0.1) is 11.6 Å². The minimum Gasteiger partial charge on any atom is -0.313 e. The Morgan fingerprint density at radius 1 is 1.22 bits per heavy atom. The maximum Gasteiger partial charge on any atom is 0.229 e. The van der Waals surface area contributed by atoms with Crippen LogP contribution in [0.15, 0.2) is 30.5 Å². The number of alkyl halides is 1. The first-order valence-corrected chi connectivity index (χ1v) is 6.34. The van der Waals surface area contributed by atoms with E-state index in [0.29, 0.717) is 11.8 Å². The predicted molar refractivity (Wildman–Crippen MR) is 75.6 cm³/mol. The average molecular weight is 262 g/mol. The van der Waals surface area contributed by atoms with E-state index >= 15 is 0 Å². The number of benzene rings is 1. The van der Waals surface area contributed by atoms with Crippen molar-refractivity contribution < 1.29 is 0 Å². The number of aromatic nitrogens is 2. The molecule has 0 aliphatic carbocycles.